The zero-order valence-electron chi connectivity index (χ0n) is 13.7. The molecule has 0 N–H and O–H groups in total. The Morgan fingerprint density at radius 1 is 1.08 bits per heavy atom. The van der Waals surface area contributed by atoms with E-state index in [4.69, 9.17) is 0 Å². The molecule has 128 valence electrons. The van der Waals surface area contributed by atoms with Gasteiger partial charge in [0, 0.05) is 6.20 Å². The van der Waals surface area contributed by atoms with Gasteiger partial charge in [-0.25, -0.2) is 12.4 Å². The van der Waals surface area contributed by atoms with E-state index in [1.807, 2.05) is 13.8 Å². The smallest absolute Gasteiger partial charge is 0.258 e. The first-order valence-electron chi connectivity index (χ1n) is 7.56. The molecule has 0 aliphatic carbocycles. The summed E-state index contributed by atoms with van der Waals surface area (Å²) in [5.41, 5.74) is 1.55. The van der Waals surface area contributed by atoms with Crippen molar-refractivity contribution in [3.05, 3.63) is 76.0 Å². The molecule has 0 radical (unpaired) electrons. The molecule has 0 saturated carbocycles. The fourth-order valence-electron chi connectivity index (χ4n) is 2.74. The number of nitro benzene ring substituents is 1. The molecule has 1 aromatic heterocycles. The van der Waals surface area contributed by atoms with Crippen LogP contribution in [0.15, 0.2) is 65.2 Å². The van der Waals surface area contributed by atoms with Gasteiger partial charge in [-0.15, -0.1) is 0 Å². The van der Waals surface area contributed by atoms with E-state index in [0.717, 1.165) is 9.55 Å². The Balaban J connectivity index is 2.30. The third-order valence-electron chi connectivity index (χ3n) is 3.77. The van der Waals surface area contributed by atoms with Gasteiger partial charge in [-0.2, -0.15) is 0 Å². The summed E-state index contributed by atoms with van der Waals surface area (Å²) in [4.78, 5) is 11.2. The number of nitrogens with zero attached hydrogens (tertiary/aromatic N) is 2. The lowest BCUT2D eigenvalue weighted by molar-refractivity contribution is -0.383. The third-order valence-corrected chi connectivity index (χ3v) is 5.47. The Morgan fingerprint density at radius 2 is 1.76 bits per heavy atom. The summed E-state index contributed by atoms with van der Waals surface area (Å²) in [5.74, 6) is 0. The molecular weight excluding hydrogens is 340 g/mol. The van der Waals surface area contributed by atoms with Crippen LogP contribution in [0.5, 0.6) is 0 Å². The number of rotatable bonds is 4. The first kappa shape index (κ1) is 16.9. The highest BCUT2D eigenvalue weighted by Crippen LogP contribution is 2.33. The SMILES string of the molecule is CC(C)=Cc1ccc2c(ccn2S(=O)(=O)c2ccccc2)c1[N+](=O)[O-]. The van der Waals surface area contributed by atoms with Crippen LogP contribution in [0.2, 0.25) is 0 Å². The Hall–Kier alpha value is -2.93. The van der Waals surface area contributed by atoms with Crippen LogP contribution in [0.4, 0.5) is 5.69 Å². The highest BCUT2D eigenvalue weighted by molar-refractivity contribution is 7.90. The standard InChI is InChI=1S/C18H16N2O4S/c1-13(2)12-14-8-9-17-16(18(14)20(21)22)10-11-19(17)25(23,24)15-6-4-3-5-7-15/h3-12H,1-2H3. The molecule has 1 heterocycles. The number of nitro groups is 1. The lowest BCUT2D eigenvalue weighted by Gasteiger charge is -2.08. The largest absolute Gasteiger partial charge is 0.285 e. The molecule has 25 heavy (non-hydrogen) atoms. The molecule has 6 nitrogen and oxygen atoms in total. The molecular formula is C18H16N2O4S. The van der Waals surface area contributed by atoms with Crippen molar-refractivity contribution in [1.29, 1.82) is 0 Å². The predicted molar refractivity (Wildman–Crippen MR) is 96.9 cm³/mol. The van der Waals surface area contributed by atoms with Crippen LogP contribution in [0.1, 0.15) is 19.4 Å². The molecule has 0 saturated heterocycles. The summed E-state index contributed by atoms with van der Waals surface area (Å²) in [5, 5.41) is 11.9. The molecule has 2 aromatic carbocycles. The van der Waals surface area contributed by atoms with Gasteiger partial charge in [0.25, 0.3) is 15.7 Å². The van der Waals surface area contributed by atoms with E-state index in [0.29, 0.717) is 10.9 Å². The lowest BCUT2D eigenvalue weighted by Crippen LogP contribution is -2.11. The number of benzene rings is 2. The van der Waals surface area contributed by atoms with Crippen LogP contribution in [0.3, 0.4) is 0 Å². The molecule has 0 aliphatic heterocycles. The maximum absolute atomic E-state index is 12.8. The van der Waals surface area contributed by atoms with Gasteiger partial charge >= 0.3 is 0 Å². The van der Waals surface area contributed by atoms with Gasteiger partial charge in [0.2, 0.25) is 0 Å². The van der Waals surface area contributed by atoms with Crippen LogP contribution in [0, 0.1) is 10.1 Å². The first-order chi connectivity index (χ1) is 11.8. The van der Waals surface area contributed by atoms with E-state index < -0.39 is 14.9 Å². The second-order valence-electron chi connectivity index (χ2n) is 5.84. The summed E-state index contributed by atoms with van der Waals surface area (Å²) < 4.78 is 26.7. The maximum atomic E-state index is 12.8. The molecule has 0 atom stereocenters. The molecule has 3 rings (SSSR count). The molecule has 0 spiro atoms. The monoisotopic (exact) mass is 356 g/mol. The Kier molecular flexibility index (Phi) is 4.18. The average Bonchev–Trinajstić information content (AvgIpc) is 2.99. The fourth-order valence-corrected chi connectivity index (χ4v) is 4.11. The number of fused-ring (bicyclic) bond motifs is 1. The van der Waals surface area contributed by atoms with Crippen molar-refractivity contribution in [3.63, 3.8) is 0 Å². The fraction of sp³-hybridized carbons (Fsp3) is 0.111. The van der Waals surface area contributed by atoms with Gasteiger partial charge in [-0.05, 0) is 50.3 Å². The van der Waals surface area contributed by atoms with Crippen molar-refractivity contribution in [2.45, 2.75) is 18.7 Å². The van der Waals surface area contributed by atoms with Crippen LogP contribution < -0.4 is 0 Å². The maximum Gasteiger partial charge on any atom is 0.285 e. The second kappa shape index (κ2) is 6.18. The molecule has 7 heteroatoms. The summed E-state index contributed by atoms with van der Waals surface area (Å²) >= 11 is 0. The van der Waals surface area contributed by atoms with E-state index >= 15 is 0 Å². The molecule has 0 fully saturated rings. The van der Waals surface area contributed by atoms with Crippen molar-refractivity contribution in [3.8, 4) is 0 Å². The van der Waals surface area contributed by atoms with Crippen molar-refractivity contribution in [1.82, 2.24) is 3.97 Å². The number of hydrogen-bond donors (Lipinski definition) is 0. The van der Waals surface area contributed by atoms with Crippen molar-refractivity contribution < 1.29 is 13.3 Å². The van der Waals surface area contributed by atoms with Gasteiger partial charge in [0.1, 0.15) is 0 Å². The van der Waals surface area contributed by atoms with Crippen molar-refractivity contribution in [2.75, 3.05) is 0 Å². The number of aromatic nitrogens is 1. The summed E-state index contributed by atoms with van der Waals surface area (Å²) in [7, 11) is -3.82. The minimum absolute atomic E-state index is 0.0966. The van der Waals surface area contributed by atoms with Gasteiger partial charge < -0.3 is 0 Å². The first-order valence-corrected chi connectivity index (χ1v) is 9.00. The summed E-state index contributed by atoms with van der Waals surface area (Å²) in [6.07, 6.45) is 3.06. The number of hydrogen-bond acceptors (Lipinski definition) is 4. The van der Waals surface area contributed by atoms with Gasteiger partial charge in [0.15, 0.2) is 0 Å². The van der Waals surface area contributed by atoms with Crippen LogP contribution >= 0.6 is 0 Å². The lowest BCUT2D eigenvalue weighted by atomic mass is 10.1. The van der Waals surface area contributed by atoms with E-state index in [1.165, 1.54) is 24.4 Å². The van der Waals surface area contributed by atoms with Gasteiger partial charge in [-0.3, -0.25) is 10.1 Å². The zero-order chi connectivity index (χ0) is 18.2. The molecule has 0 aliphatic rings. The van der Waals surface area contributed by atoms with Crippen molar-refractivity contribution >= 4 is 32.7 Å². The van der Waals surface area contributed by atoms with E-state index in [-0.39, 0.29) is 16.1 Å². The summed E-state index contributed by atoms with van der Waals surface area (Å²) in [6, 6.07) is 12.6. The van der Waals surface area contributed by atoms with Crippen LogP contribution in [-0.2, 0) is 10.0 Å². The molecule has 3 aromatic rings. The summed E-state index contributed by atoms with van der Waals surface area (Å²) in [6.45, 7) is 3.69. The van der Waals surface area contributed by atoms with Gasteiger partial charge in [0.05, 0.1) is 26.3 Å². The Morgan fingerprint density at radius 3 is 2.36 bits per heavy atom. The second-order valence-corrected chi connectivity index (χ2v) is 7.66. The Labute approximate surface area is 145 Å². The minimum atomic E-state index is -3.82. The Bertz CT molecular complexity index is 1090. The molecule has 0 bridgehead atoms. The molecule has 0 unspecified atom stereocenters. The normalized spacial score (nSPS) is 11.4. The van der Waals surface area contributed by atoms with Crippen LogP contribution in [-0.4, -0.2) is 17.3 Å². The van der Waals surface area contributed by atoms with Crippen molar-refractivity contribution in [2.24, 2.45) is 0 Å². The van der Waals surface area contributed by atoms with E-state index in [9.17, 15) is 18.5 Å². The zero-order valence-corrected chi connectivity index (χ0v) is 14.5. The highest BCUT2D eigenvalue weighted by atomic mass is 32.2. The quantitative estimate of drug-likeness (QED) is 0.518. The molecule has 0 amide bonds. The van der Waals surface area contributed by atoms with Gasteiger partial charge in [-0.1, -0.05) is 23.8 Å². The van der Waals surface area contributed by atoms with E-state index in [1.54, 1.807) is 36.4 Å². The minimum Gasteiger partial charge on any atom is -0.258 e. The van der Waals surface area contributed by atoms with E-state index in [2.05, 4.69) is 0 Å². The topological polar surface area (TPSA) is 82.2 Å². The number of allylic oxidation sites excluding steroid dienone is 1. The highest BCUT2D eigenvalue weighted by Gasteiger charge is 2.24. The third kappa shape index (κ3) is 2.94. The average molecular weight is 356 g/mol. The van der Waals surface area contributed by atoms with Crippen LogP contribution in [0.25, 0.3) is 17.0 Å². The predicted octanol–water partition coefficient (Wildman–Crippen LogP) is 4.21.